The molecule has 0 atom stereocenters. The van der Waals surface area contributed by atoms with Crippen molar-refractivity contribution in [2.24, 2.45) is 5.73 Å². The Labute approximate surface area is 100 Å². The third kappa shape index (κ3) is 2.28. The van der Waals surface area contributed by atoms with E-state index in [1.54, 1.807) is 16.9 Å². The second-order valence-corrected chi connectivity index (χ2v) is 4.12. The van der Waals surface area contributed by atoms with Gasteiger partial charge in [0, 0.05) is 6.54 Å². The monoisotopic (exact) mass is 284 g/mol. The Hall–Kier alpha value is -1.27. The molecule has 0 unspecified atom stereocenters. The average Bonchev–Trinajstić information content (AvgIpc) is 2.73. The number of nitrogens with zero attached hydrogens (tertiary/aromatic N) is 3. The highest BCUT2D eigenvalue weighted by Crippen LogP contribution is 2.20. The van der Waals surface area contributed by atoms with Crippen molar-refractivity contribution >= 4 is 15.9 Å². The van der Waals surface area contributed by atoms with Crippen molar-refractivity contribution < 1.29 is 4.39 Å². The highest BCUT2D eigenvalue weighted by Gasteiger charge is 2.06. The van der Waals surface area contributed by atoms with Crippen LogP contribution in [0.15, 0.2) is 28.9 Å². The minimum absolute atomic E-state index is 0.281. The molecule has 2 aromatic rings. The van der Waals surface area contributed by atoms with Gasteiger partial charge in [0.1, 0.15) is 5.82 Å². The summed E-state index contributed by atoms with van der Waals surface area (Å²) >= 11 is 3.20. The van der Waals surface area contributed by atoms with E-state index in [0.717, 1.165) is 5.56 Å². The van der Waals surface area contributed by atoms with Crippen LogP contribution in [0.5, 0.6) is 0 Å². The van der Waals surface area contributed by atoms with Crippen LogP contribution in [-0.4, -0.2) is 15.0 Å². The third-order valence-electron chi connectivity index (χ3n) is 2.16. The maximum Gasteiger partial charge on any atom is 0.137 e. The smallest absolute Gasteiger partial charge is 0.137 e. The number of benzene rings is 1. The molecule has 84 valence electrons. The summed E-state index contributed by atoms with van der Waals surface area (Å²) in [5.41, 5.74) is 6.95. The van der Waals surface area contributed by atoms with Gasteiger partial charge in [0.15, 0.2) is 0 Å². The van der Waals surface area contributed by atoms with Crippen LogP contribution in [0.25, 0.3) is 0 Å². The lowest BCUT2D eigenvalue weighted by molar-refractivity contribution is 0.606. The molecule has 0 aliphatic rings. The van der Waals surface area contributed by atoms with E-state index < -0.39 is 0 Å². The lowest BCUT2D eigenvalue weighted by Crippen LogP contribution is -2.02. The van der Waals surface area contributed by atoms with Gasteiger partial charge in [-0.25, -0.2) is 9.07 Å². The molecular formula is C10H10BrFN4. The molecule has 0 aliphatic carbocycles. The molecule has 0 saturated carbocycles. The largest absolute Gasteiger partial charge is 0.325 e. The Kier molecular flexibility index (Phi) is 3.31. The second-order valence-electron chi connectivity index (χ2n) is 3.32. The molecule has 0 fully saturated rings. The Morgan fingerprint density at radius 1 is 1.44 bits per heavy atom. The molecule has 6 heteroatoms. The van der Waals surface area contributed by atoms with Crippen LogP contribution in [0.1, 0.15) is 11.3 Å². The predicted octanol–water partition coefficient (Wildman–Crippen LogP) is 1.69. The van der Waals surface area contributed by atoms with Gasteiger partial charge in [-0.15, -0.1) is 5.10 Å². The number of rotatable bonds is 3. The van der Waals surface area contributed by atoms with Gasteiger partial charge in [-0.1, -0.05) is 17.3 Å². The zero-order valence-corrected chi connectivity index (χ0v) is 9.98. The van der Waals surface area contributed by atoms with E-state index in [-0.39, 0.29) is 5.82 Å². The molecule has 16 heavy (non-hydrogen) atoms. The number of hydrogen-bond acceptors (Lipinski definition) is 3. The first-order valence-electron chi connectivity index (χ1n) is 4.72. The van der Waals surface area contributed by atoms with Crippen molar-refractivity contribution in [1.82, 2.24) is 15.0 Å². The zero-order valence-electron chi connectivity index (χ0n) is 8.40. The van der Waals surface area contributed by atoms with Gasteiger partial charge in [-0.2, -0.15) is 0 Å². The predicted molar refractivity (Wildman–Crippen MR) is 61.1 cm³/mol. The van der Waals surface area contributed by atoms with E-state index in [4.69, 9.17) is 5.73 Å². The molecule has 4 nitrogen and oxygen atoms in total. The molecule has 0 amide bonds. The molecule has 2 N–H and O–H groups in total. The molecule has 0 aliphatic heterocycles. The van der Waals surface area contributed by atoms with E-state index >= 15 is 0 Å². The first-order valence-corrected chi connectivity index (χ1v) is 5.52. The van der Waals surface area contributed by atoms with Gasteiger partial charge in [-0.05, 0) is 27.6 Å². The Morgan fingerprint density at radius 3 is 2.94 bits per heavy atom. The normalized spacial score (nSPS) is 10.7. The summed E-state index contributed by atoms with van der Waals surface area (Å²) in [5.74, 6) is -0.281. The van der Waals surface area contributed by atoms with Crippen LogP contribution in [0.3, 0.4) is 0 Å². The van der Waals surface area contributed by atoms with Crippen molar-refractivity contribution in [2.45, 2.75) is 13.1 Å². The van der Waals surface area contributed by atoms with Crippen molar-refractivity contribution in [3.8, 4) is 0 Å². The lowest BCUT2D eigenvalue weighted by atomic mass is 10.2. The first-order chi connectivity index (χ1) is 7.70. The van der Waals surface area contributed by atoms with Gasteiger partial charge in [-0.3, -0.25) is 0 Å². The van der Waals surface area contributed by atoms with E-state index in [1.807, 2.05) is 6.07 Å². The second kappa shape index (κ2) is 4.71. The minimum Gasteiger partial charge on any atom is -0.325 e. The summed E-state index contributed by atoms with van der Waals surface area (Å²) in [4.78, 5) is 0. The summed E-state index contributed by atoms with van der Waals surface area (Å²) in [5, 5.41) is 7.76. The standard InChI is InChI=1S/C10H10BrFN4/c11-10-7(2-1-3-9(10)12)5-16-6-8(4-13)14-15-16/h1-3,6H,4-5,13H2. The van der Waals surface area contributed by atoms with Crippen molar-refractivity contribution in [3.05, 3.63) is 45.9 Å². The number of halogens is 2. The van der Waals surface area contributed by atoms with E-state index in [1.165, 1.54) is 6.07 Å². The summed E-state index contributed by atoms with van der Waals surface area (Å²) in [6, 6.07) is 4.90. The quantitative estimate of drug-likeness (QED) is 0.933. The van der Waals surface area contributed by atoms with Crippen molar-refractivity contribution in [3.63, 3.8) is 0 Å². The molecule has 1 heterocycles. The van der Waals surface area contributed by atoms with Crippen LogP contribution < -0.4 is 5.73 Å². The fraction of sp³-hybridized carbons (Fsp3) is 0.200. The molecule has 0 bridgehead atoms. The fourth-order valence-electron chi connectivity index (χ4n) is 1.35. The molecule has 0 radical (unpaired) electrons. The molecule has 1 aromatic heterocycles. The number of nitrogens with two attached hydrogens (primary N) is 1. The highest BCUT2D eigenvalue weighted by molar-refractivity contribution is 9.10. The molecule has 0 saturated heterocycles. The lowest BCUT2D eigenvalue weighted by Gasteiger charge is -2.04. The van der Waals surface area contributed by atoms with E-state index in [0.29, 0.717) is 23.3 Å². The van der Waals surface area contributed by atoms with Crippen LogP contribution in [0, 0.1) is 5.82 Å². The summed E-state index contributed by atoms with van der Waals surface area (Å²) in [7, 11) is 0. The summed E-state index contributed by atoms with van der Waals surface area (Å²) in [6.07, 6.45) is 1.75. The van der Waals surface area contributed by atoms with E-state index in [9.17, 15) is 4.39 Å². The van der Waals surface area contributed by atoms with Gasteiger partial charge < -0.3 is 5.73 Å². The van der Waals surface area contributed by atoms with Gasteiger partial charge in [0.05, 0.1) is 22.9 Å². The van der Waals surface area contributed by atoms with Crippen LogP contribution in [0.4, 0.5) is 4.39 Å². The van der Waals surface area contributed by atoms with Gasteiger partial charge >= 0.3 is 0 Å². The molecule has 2 rings (SSSR count). The van der Waals surface area contributed by atoms with Gasteiger partial charge in [0.2, 0.25) is 0 Å². The van der Waals surface area contributed by atoms with Crippen molar-refractivity contribution in [1.29, 1.82) is 0 Å². The molecule has 1 aromatic carbocycles. The maximum atomic E-state index is 13.2. The topological polar surface area (TPSA) is 56.7 Å². The Morgan fingerprint density at radius 2 is 2.25 bits per heavy atom. The first kappa shape index (κ1) is 11.2. The average molecular weight is 285 g/mol. The SMILES string of the molecule is NCc1cn(Cc2cccc(F)c2Br)nn1. The zero-order chi connectivity index (χ0) is 11.5. The number of aromatic nitrogens is 3. The Bertz CT molecular complexity index is 497. The van der Waals surface area contributed by atoms with Crippen LogP contribution >= 0.6 is 15.9 Å². The third-order valence-corrected chi connectivity index (χ3v) is 3.05. The van der Waals surface area contributed by atoms with Crippen LogP contribution in [0.2, 0.25) is 0 Å². The molecular weight excluding hydrogens is 275 g/mol. The van der Waals surface area contributed by atoms with Crippen molar-refractivity contribution in [2.75, 3.05) is 0 Å². The minimum atomic E-state index is -0.281. The maximum absolute atomic E-state index is 13.2. The van der Waals surface area contributed by atoms with E-state index in [2.05, 4.69) is 26.2 Å². The Balaban J connectivity index is 2.23. The van der Waals surface area contributed by atoms with Crippen LogP contribution in [-0.2, 0) is 13.1 Å². The molecule has 0 spiro atoms. The number of hydrogen-bond donors (Lipinski definition) is 1. The highest BCUT2D eigenvalue weighted by atomic mass is 79.9. The summed E-state index contributed by atoms with van der Waals surface area (Å²) in [6.45, 7) is 0.815. The van der Waals surface area contributed by atoms with Gasteiger partial charge in [0.25, 0.3) is 0 Å². The summed E-state index contributed by atoms with van der Waals surface area (Å²) < 4.78 is 15.3. The fourth-order valence-corrected chi connectivity index (χ4v) is 1.74.